The fourth-order valence-electron chi connectivity index (χ4n) is 0. The molecular weight excluding hydrogens is 165 g/mol. The van der Waals surface area contributed by atoms with E-state index in [4.69, 9.17) is 8.42 Å². The molecule has 0 saturated carbocycles. The molecule has 5 heteroatoms. The molecule has 0 aliphatic heterocycles. The zero-order chi connectivity index (χ0) is 3.58. The van der Waals surface area contributed by atoms with Gasteiger partial charge in [0.05, 0.1) is 0 Å². The fourth-order valence-corrected chi connectivity index (χ4v) is 0. The zero-order valence-corrected chi connectivity index (χ0v) is 6.85. The van der Waals surface area contributed by atoms with Gasteiger partial charge in [-0.25, -0.2) is 0 Å². The molecule has 5 heavy (non-hydrogen) atoms. The molecule has 0 spiro atoms. The van der Waals surface area contributed by atoms with Gasteiger partial charge in [-0.2, -0.15) is 10.7 Å². The minimum atomic E-state index is -2.39. The van der Waals surface area contributed by atoms with Crippen LogP contribution in [0.2, 0.25) is 0 Å². The number of hydrogen-bond acceptors (Lipinski definition) is 3. The van der Waals surface area contributed by atoms with E-state index in [0.29, 0.717) is 0 Å². The third-order valence-corrected chi connectivity index (χ3v) is 0. The monoisotopic (exact) mass is 163 g/mol. The first-order chi connectivity index (χ1) is 1.73. The summed E-state index contributed by atoms with van der Waals surface area (Å²) in [4.78, 5) is 0. The molecule has 0 aromatic rings. The Morgan fingerprint density at radius 2 is 1.40 bits per heavy atom. The first kappa shape index (κ1) is 9.29. The SMILES string of the molecule is O=[S-](=O)Cl.[Zn+]. The third-order valence-electron chi connectivity index (χ3n) is 0. The summed E-state index contributed by atoms with van der Waals surface area (Å²) >= 11 is 0. The van der Waals surface area contributed by atoms with Gasteiger partial charge < -0.3 is 8.42 Å². The Balaban J connectivity index is 0. The van der Waals surface area contributed by atoms with Crippen molar-refractivity contribution in [2.24, 2.45) is 0 Å². The van der Waals surface area contributed by atoms with Crippen molar-refractivity contribution < 1.29 is 27.9 Å². The molecule has 0 atom stereocenters. The van der Waals surface area contributed by atoms with E-state index in [1.54, 1.807) is 0 Å². The summed E-state index contributed by atoms with van der Waals surface area (Å²) in [6.07, 6.45) is 0. The molecule has 0 saturated heterocycles. The Hall–Kier alpha value is 0.863. The van der Waals surface area contributed by atoms with Gasteiger partial charge in [0.2, 0.25) is 0 Å². The molecule has 0 heterocycles. The second-order valence-corrected chi connectivity index (χ2v) is 1.34. The molecule has 0 aromatic carbocycles. The van der Waals surface area contributed by atoms with Crippen molar-refractivity contribution in [2.45, 2.75) is 0 Å². The first-order valence-corrected chi connectivity index (χ1v) is 2.39. The van der Waals surface area contributed by atoms with Crippen molar-refractivity contribution in [1.29, 1.82) is 0 Å². The van der Waals surface area contributed by atoms with Crippen LogP contribution in [0, 0.1) is 0 Å². The Morgan fingerprint density at radius 1 is 1.40 bits per heavy atom. The van der Waals surface area contributed by atoms with E-state index < -0.39 is 9.92 Å². The van der Waals surface area contributed by atoms with E-state index in [1.807, 2.05) is 0 Å². The van der Waals surface area contributed by atoms with Gasteiger partial charge in [0.15, 0.2) is 0 Å². The molecule has 0 rings (SSSR count). The van der Waals surface area contributed by atoms with Crippen LogP contribution in [0.15, 0.2) is 0 Å². The zero-order valence-electron chi connectivity index (χ0n) is 2.31. The van der Waals surface area contributed by atoms with Crippen LogP contribution in [0.4, 0.5) is 0 Å². The minimum Gasteiger partial charge on any atom is -0.409 e. The van der Waals surface area contributed by atoms with Crippen molar-refractivity contribution in [1.82, 2.24) is 0 Å². The molecule has 0 aromatic heterocycles. The van der Waals surface area contributed by atoms with Crippen LogP contribution >= 0.6 is 10.7 Å². The van der Waals surface area contributed by atoms with Gasteiger partial charge in [0, 0.05) is 9.92 Å². The third kappa shape index (κ3) is 53.5. The van der Waals surface area contributed by atoms with Gasteiger partial charge in [0.25, 0.3) is 0 Å². The van der Waals surface area contributed by atoms with Crippen molar-refractivity contribution >= 4 is 20.6 Å². The Labute approximate surface area is 48.7 Å². The van der Waals surface area contributed by atoms with E-state index in [0.717, 1.165) is 0 Å². The molecule has 0 bridgehead atoms. The maximum absolute atomic E-state index is 8.77. The molecule has 2 nitrogen and oxygen atoms in total. The topological polar surface area (TPSA) is 34.1 Å². The Morgan fingerprint density at radius 3 is 1.40 bits per heavy atom. The molecule has 0 fully saturated rings. The molecule has 0 aliphatic rings. The summed E-state index contributed by atoms with van der Waals surface area (Å²) in [5, 5.41) is 0. The molecule has 0 aliphatic carbocycles. The van der Waals surface area contributed by atoms with E-state index in [1.165, 1.54) is 0 Å². The molecule has 0 amide bonds. The van der Waals surface area contributed by atoms with Crippen molar-refractivity contribution in [3.05, 3.63) is 0 Å². The van der Waals surface area contributed by atoms with Crippen molar-refractivity contribution in [3.8, 4) is 0 Å². The fraction of sp³-hybridized carbons (Fsp3) is 0. The Bertz CT molecular complexity index is 58.0. The summed E-state index contributed by atoms with van der Waals surface area (Å²) in [6, 6.07) is 0. The van der Waals surface area contributed by atoms with Crippen molar-refractivity contribution in [3.63, 3.8) is 0 Å². The predicted molar refractivity (Wildman–Crippen MR) is 14.6 cm³/mol. The normalized spacial score (nSPS) is 6.80. The summed E-state index contributed by atoms with van der Waals surface area (Å²) in [6.45, 7) is 0. The Kier molecular flexibility index (Phi) is 9.04. The van der Waals surface area contributed by atoms with Gasteiger partial charge in [0.1, 0.15) is 0 Å². The maximum Gasteiger partial charge on any atom is 1.00 e. The summed E-state index contributed by atoms with van der Waals surface area (Å²) in [7, 11) is 1.80. The molecule has 1 radical (unpaired) electrons. The molecular formula is ClO2SZn. The number of rotatable bonds is 0. The largest absolute Gasteiger partial charge is 1.00 e. The molecule has 27 valence electrons. The van der Waals surface area contributed by atoms with Gasteiger partial charge in [-0.05, 0) is 0 Å². The molecule has 0 unspecified atom stereocenters. The van der Waals surface area contributed by atoms with Crippen LogP contribution < -0.4 is 0 Å². The quantitative estimate of drug-likeness (QED) is 0.296. The van der Waals surface area contributed by atoms with Crippen molar-refractivity contribution in [2.75, 3.05) is 0 Å². The average molecular weight is 165 g/mol. The number of hydrogen-bond donors (Lipinski definition) is 0. The second-order valence-electron chi connectivity index (χ2n) is 0.194. The van der Waals surface area contributed by atoms with Gasteiger partial charge in [-0.1, -0.05) is 0 Å². The second kappa shape index (κ2) is 4.86. The van der Waals surface area contributed by atoms with Crippen LogP contribution in [-0.2, 0) is 37.8 Å². The van der Waals surface area contributed by atoms with Crippen LogP contribution in [0.25, 0.3) is 0 Å². The standard InChI is InChI=1S/ClO2S.Zn/c1-4(2)3;/q-1;+1. The van der Waals surface area contributed by atoms with Crippen LogP contribution in [0.3, 0.4) is 0 Å². The maximum atomic E-state index is 8.77. The smallest absolute Gasteiger partial charge is 0.409 e. The number of halogens is 1. The van der Waals surface area contributed by atoms with Crippen LogP contribution in [-0.4, -0.2) is 0 Å². The minimum absolute atomic E-state index is 0. The van der Waals surface area contributed by atoms with Crippen LogP contribution in [0.5, 0.6) is 0 Å². The van der Waals surface area contributed by atoms with Crippen LogP contribution in [0.1, 0.15) is 0 Å². The summed E-state index contributed by atoms with van der Waals surface area (Å²) < 4.78 is 17.5. The van der Waals surface area contributed by atoms with Gasteiger partial charge in [-0.3, -0.25) is 0 Å². The average Bonchev–Trinajstić information content (AvgIpc) is 0.811. The summed E-state index contributed by atoms with van der Waals surface area (Å²) in [5.41, 5.74) is 0. The first-order valence-electron chi connectivity index (χ1n) is 0.488. The predicted octanol–water partition coefficient (Wildman–Crippen LogP) is 0.447. The summed E-state index contributed by atoms with van der Waals surface area (Å²) in [5.74, 6) is 0. The molecule has 0 N–H and O–H groups in total. The van der Waals surface area contributed by atoms with E-state index in [-0.39, 0.29) is 19.5 Å². The van der Waals surface area contributed by atoms with Gasteiger partial charge in [-0.15, -0.1) is 0 Å². The van der Waals surface area contributed by atoms with E-state index in [9.17, 15) is 0 Å². The van der Waals surface area contributed by atoms with Gasteiger partial charge >= 0.3 is 19.5 Å². The van der Waals surface area contributed by atoms with E-state index in [2.05, 4.69) is 10.7 Å². The van der Waals surface area contributed by atoms with E-state index >= 15 is 0 Å².